The molecule has 2 aromatic heterocycles. The SMILES string of the molecule is CS(=O)(=O)N1CCc2c(c(-c3ccc(C(F)(F)F)cc3)nn2CC(O)CN2CCC(c3nc4ccccc4o3)CC2)C1. The number of oxazole rings is 1. The van der Waals surface area contributed by atoms with Crippen molar-refractivity contribution in [2.75, 3.05) is 32.4 Å². The van der Waals surface area contributed by atoms with Gasteiger partial charge in [0.1, 0.15) is 5.52 Å². The number of aliphatic hydroxyl groups excluding tert-OH is 1. The number of halogens is 3. The lowest BCUT2D eigenvalue weighted by Gasteiger charge is -2.32. The monoisotopic (exact) mass is 603 g/mol. The number of fused-ring (bicyclic) bond motifs is 2. The number of nitrogens with zero attached hydrogens (tertiary/aromatic N) is 5. The van der Waals surface area contributed by atoms with Crippen LogP contribution in [0.4, 0.5) is 13.2 Å². The average molecular weight is 604 g/mol. The van der Waals surface area contributed by atoms with Gasteiger partial charge in [-0.05, 0) is 50.2 Å². The Morgan fingerprint density at radius 1 is 1.05 bits per heavy atom. The average Bonchev–Trinajstić information content (AvgIpc) is 3.54. The number of rotatable bonds is 7. The molecular formula is C29H32F3N5O4S. The smallest absolute Gasteiger partial charge is 0.416 e. The number of para-hydroxylation sites is 2. The summed E-state index contributed by atoms with van der Waals surface area (Å²) in [5.74, 6) is 0.964. The molecule has 42 heavy (non-hydrogen) atoms. The lowest BCUT2D eigenvalue weighted by molar-refractivity contribution is -0.137. The third-order valence-corrected chi connectivity index (χ3v) is 9.40. The Kier molecular flexibility index (Phi) is 7.62. The second-order valence-corrected chi connectivity index (χ2v) is 13.1. The fourth-order valence-corrected chi connectivity index (χ4v) is 6.72. The van der Waals surface area contributed by atoms with Crippen LogP contribution in [0.1, 0.15) is 41.5 Å². The first-order chi connectivity index (χ1) is 20.0. The molecule has 1 saturated heterocycles. The van der Waals surface area contributed by atoms with Gasteiger partial charge >= 0.3 is 6.18 Å². The van der Waals surface area contributed by atoms with Gasteiger partial charge in [0.2, 0.25) is 10.0 Å². The number of sulfonamides is 1. The first-order valence-electron chi connectivity index (χ1n) is 13.9. The lowest BCUT2D eigenvalue weighted by Crippen LogP contribution is -2.40. The molecule has 2 aliphatic rings. The van der Waals surface area contributed by atoms with Crippen molar-refractivity contribution in [1.29, 1.82) is 0 Å². The van der Waals surface area contributed by atoms with Crippen LogP contribution < -0.4 is 0 Å². The van der Waals surface area contributed by atoms with Crippen molar-refractivity contribution in [2.45, 2.75) is 50.6 Å². The predicted molar refractivity (Wildman–Crippen MR) is 150 cm³/mol. The molecule has 1 unspecified atom stereocenters. The number of likely N-dealkylation sites (tertiary alicyclic amines) is 1. The number of benzene rings is 2. The summed E-state index contributed by atoms with van der Waals surface area (Å²) in [6, 6.07) is 12.4. The molecule has 224 valence electrons. The topological polar surface area (TPSA) is 105 Å². The van der Waals surface area contributed by atoms with E-state index in [0.717, 1.165) is 67.0 Å². The second kappa shape index (κ2) is 11.1. The number of hydrogen-bond acceptors (Lipinski definition) is 7. The molecule has 1 atom stereocenters. The van der Waals surface area contributed by atoms with Crippen molar-refractivity contribution in [3.05, 3.63) is 71.2 Å². The van der Waals surface area contributed by atoms with Gasteiger partial charge in [0.05, 0.1) is 30.2 Å². The number of alkyl halides is 3. The third-order valence-electron chi connectivity index (χ3n) is 8.15. The van der Waals surface area contributed by atoms with Crippen LogP contribution in [0.2, 0.25) is 0 Å². The number of hydrogen-bond donors (Lipinski definition) is 1. The fourth-order valence-electron chi connectivity index (χ4n) is 5.93. The molecule has 0 spiro atoms. The summed E-state index contributed by atoms with van der Waals surface area (Å²) >= 11 is 0. The molecule has 0 amide bonds. The van der Waals surface area contributed by atoms with Crippen molar-refractivity contribution in [3.63, 3.8) is 0 Å². The molecule has 4 aromatic rings. The number of β-amino-alcohol motifs (C(OH)–C–C–N with tert-alkyl or cyclic N) is 1. The van der Waals surface area contributed by atoms with Gasteiger partial charge in [-0.1, -0.05) is 24.3 Å². The van der Waals surface area contributed by atoms with Crippen LogP contribution in [-0.4, -0.2) is 76.0 Å². The first-order valence-corrected chi connectivity index (χ1v) is 15.8. The quantitative estimate of drug-likeness (QED) is 0.337. The zero-order chi connectivity index (χ0) is 29.6. The van der Waals surface area contributed by atoms with Gasteiger partial charge in [-0.15, -0.1) is 0 Å². The van der Waals surface area contributed by atoms with Gasteiger partial charge in [-0.2, -0.15) is 22.6 Å². The van der Waals surface area contributed by atoms with Crippen molar-refractivity contribution < 1.29 is 31.1 Å². The second-order valence-electron chi connectivity index (χ2n) is 11.1. The lowest BCUT2D eigenvalue weighted by atomic mass is 9.96. The summed E-state index contributed by atoms with van der Waals surface area (Å²) in [5.41, 5.74) is 3.19. The van der Waals surface area contributed by atoms with Crippen LogP contribution >= 0.6 is 0 Å². The van der Waals surface area contributed by atoms with Gasteiger partial charge in [-0.3, -0.25) is 4.68 Å². The van der Waals surface area contributed by atoms with Gasteiger partial charge < -0.3 is 14.4 Å². The Labute approximate surface area is 241 Å². The van der Waals surface area contributed by atoms with E-state index in [1.54, 1.807) is 4.68 Å². The molecule has 1 fully saturated rings. The largest absolute Gasteiger partial charge is 0.440 e. The van der Waals surface area contributed by atoms with Crippen LogP contribution in [0.25, 0.3) is 22.4 Å². The molecule has 2 aromatic carbocycles. The van der Waals surface area contributed by atoms with Gasteiger partial charge in [0, 0.05) is 48.8 Å². The van der Waals surface area contributed by atoms with Crippen molar-refractivity contribution in [3.8, 4) is 11.3 Å². The maximum absolute atomic E-state index is 13.1. The highest BCUT2D eigenvalue weighted by Crippen LogP contribution is 2.35. The molecule has 13 heteroatoms. The number of aromatic nitrogens is 3. The molecule has 6 rings (SSSR count). The van der Waals surface area contributed by atoms with Crippen LogP contribution in [-0.2, 0) is 35.7 Å². The van der Waals surface area contributed by atoms with E-state index >= 15 is 0 Å². The summed E-state index contributed by atoms with van der Waals surface area (Å²) in [7, 11) is -3.48. The summed E-state index contributed by atoms with van der Waals surface area (Å²) in [6.07, 6.45) is -1.98. The molecule has 2 aliphatic heterocycles. The third kappa shape index (κ3) is 5.96. The van der Waals surface area contributed by atoms with E-state index in [2.05, 4.69) is 9.88 Å². The summed E-state index contributed by atoms with van der Waals surface area (Å²) in [5, 5.41) is 15.7. The van der Waals surface area contributed by atoms with E-state index in [4.69, 9.17) is 9.52 Å². The Bertz CT molecular complexity index is 1640. The van der Waals surface area contributed by atoms with Crippen molar-refractivity contribution in [2.24, 2.45) is 0 Å². The normalized spacial score (nSPS) is 18.4. The fraction of sp³-hybridized carbons (Fsp3) is 0.448. The molecule has 4 heterocycles. The molecule has 0 radical (unpaired) electrons. The van der Waals surface area contributed by atoms with E-state index in [-0.39, 0.29) is 25.6 Å². The van der Waals surface area contributed by atoms with Gasteiger partial charge in [-0.25, -0.2) is 13.4 Å². The van der Waals surface area contributed by atoms with Crippen LogP contribution in [0.15, 0.2) is 52.9 Å². The number of aliphatic hydroxyl groups is 1. The predicted octanol–water partition coefficient (Wildman–Crippen LogP) is 4.27. The highest BCUT2D eigenvalue weighted by atomic mass is 32.2. The van der Waals surface area contributed by atoms with Gasteiger partial charge in [0.15, 0.2) is 11.5 Å². The summed E-state index contributed by atoms with van der Waals surface area (Å²) in [6.45, 7) is 2.51. The maximum atomic E-state index is 13.1. The molecule has 9 nitrogen and oxygen atoms in total. The van der Waals surface area contributed by atoms with E-state index in [9.17, 15) is 26.7 Å². The van der Waals surface area contributed by atoms with E-state index in [0.29, 0.717) is 29.8 Å². The Morgan fingerprint density at radius 2 is 1.76 bits per heavy atom. The standard InChI is InChI=1S/C29H32F3N5O4S/c1-42(39,40)36-15-12-25-23(18-36)27(19-6-8-21(9-7-19)29(30,31)32)34-37(25)17-22(38)16-35-13-10-20(11-14-35)28-33-24-4-2-3-5-26(24)41-28/h2-9,20,22,38H,10-18H2,1H3. The minimum atomic E-state index is -4.47. The first kappa shape index (κ1) is 28.8. The Hall–Kier alpha value is -3.26. The van der Waals surface area contributed by atoms with E-state index in [1.807, 2.05) is 24.3 Å². The van der Waals surface area contributed by atoms with E-state index in [1.165, 1.54) is 16.4 Å². The van der Waals surface area contributed by atoms with Gasteiger partial charge in [0.25, 0.3) is 0 Å². The highest BCUT2D eigenvalue weighted by Gasteiger charge is 2.33. The minimum absolute atomic E-state index is 0.0734. The Balaban J connectivity index is 1.16. The Morgan fingerprint density at radius 3 is 2.43 bits per heavy atom. The minimum Gasteiger partial charge on any atom is -0.440 e. The van der Waals surface area contributed by atoms with E-state index < -0.39 is 27.9 Å². The highest BCUT2D eigenvalue weighted by molar-refractivity contribution is 7.88. The molecular weight excluding hydrogens is 571 g/mol. The zero-order valence-corrected chi connectivity index (χ0v) is 23.9. The number of piperidine rings is 1. The molecule has 0 bridgehead atoms. The van der Waals surface area contributed by atoms with Crippen LogP contribution in [0, 0.1) is 0 Å². The molecule has 0 saturated carbocycles. The summed E-state index contributed by atoms with van der Waals surface area (Å²) in [4.78, 5) is 6.84. The molecule has 0 aliphatic carbocycles. The van der Waals surface area contributed by atoms with Crippen molar-refractivity contribution >= 4 is 21.1 Å². The van der Waals surface area contributed by atoms with Crippen LogP contribution in [0.3, 0.4) is 0 Å². The van der Waals surface area contributed by atoms with Crippen LogP contribution in [0.5, 0.6) is 0 Å². The zero-order valence-electron chi connectivity index (χ0n) is 23.1. The molecule has 1 N–H and O–H groups in total. The van der Waals surface area contributed by atoms with Crippen molar-refractivity contribution in [1.82, 2.24) is 24.0 Å². The maximum Gasteiger partial charge on any atom is 0.416 e. The summed E-state index contributed by atoms with van der Waals surface area (Å²) < 4.78 is 73.0.